The lowest BCUT2D eigenvalue weighted by Crippen LogP contribution is -2.52. The van der Waals surface area contributed by atoms with Crippen LogP contribution in [0.25, 0.3) is 33.1 Å². The number of hydrogen-bond acceptors (Lipinski definition) is 15. The van der Waals surface area contributed by atoms with E-state index in [9.17, 15) is 48.3 Å². The molecule has 0 saturated heterocycles. The quantitative estimate of drug-likeness (QED) is 0.0171. The molecule has 77 heavy (non-hydrogen) atoms. The van der Waals surface area contributed by atoms with E-state index in [1.165, 1.54) is 12.2 Å². The van der Waals surface area contributed by atoms with Gasteiger partial charge in [-0.1, -0.05) is 79.2 Å². The van der Waals surface area contributed by atoms with E-state index >= 15 is 0 Å². The highest BCUT2D eigenvalue weighted by Gasteiger charge is 2.45. The van der Waals surface area contributed by atoms with Crippen LogP contribution in [0.1, 0.15) is 72.5 Å². The molecule has 398 valence electrons. The number of hydrogen-bond donors (Lipinski definition) is 6. The van der Waals surface area contributed by atoms with Crippen molar-refractivity contribution in [2.75, 3.05) is 32.9 Å². The third-order valence-corrected chi connectivity index (χ3v) is 13.7. The Bertz CT molecular complexity index is 3410. The molecule has 0 aliphatic carbocycles. The molecule has 23 heteroatoms. The lowest BCUT2D eigenvalue weighted by Gasteiger charge is -2.31. The fourth-order valence-electron chi connectivity index (χ4n) is 9.60. The van der Waals surface area contributed by atoms with Gasteiger partial charge in [0.15, 0.2) is 5.60 Å². The number of pyridine rings is 2. The Balaban J connectivity index is 0.756. The van der Waals surface area contributed by atoms with Crippen molar-refractivity contribution in [3.8, 4) is 11.4 Å². The van der Waals surface area contributed by atoms with Gasteiger partial charge in [0.2, 0.25) is 29.5 Å². The molecule has 0 unspecified atom stereocenters. The molecule has 3 aromatic heterocycles. The summed E-state index contributed by atoms with van der Waals surface area (Å²) in [6, 6.07) is 21.2. The first-order chi connectivity index (χ1) is 37.2. The van der Waals surface area contributed by atoms with Crippen molar-refractivity contribution < 1.29 is 52.9 Å². The lowest BCUT2D eigenvalue weighted by molar-refractivity contribution is -0.172. The van der Waals surface area contributed by atoms with Crippen molar-refractivity contribution in [1.82, 2.24) is 56.0 Å². The second kappa shape index (κ2) is 23.3. The highest BCUT2D eigenvalue weighted by Crippen LogP contribution is 2.41. The molecule has 3 aromatic carbocycles. The average Bonchev–Trinajstić information content (AvgIpc) is 4.25. The molecule has 9 rings (SSSR count). The molecule has 6 heterocycles. The van der Waals surface area contributed by atoms with Crippen LogP contribution in [0.4, 0.5) is 0 Å². The van der Waals surface area contributed by atoms with Gasteiger partial charge in [-0.3, -0.25) is 43.3 Å². The normalized spacial score (nSPS) is 15.7. The Kier molecular flexibility index (Phi) is 16.0. The number of unbranched alkanes of at least 4 members (excludes halogenated alkanes) is 2. The molecule has 7 amide bonds. The Morgan fingerprint density at radius 1 is 0.818 bits per heavy atom. The van der Waals surface area contributed by atoms with Crippen molar-refractivity contribution in [1.29, 1.82) is 0 Å². The maximum Gasteiger partial charge on any atom is 0.343 e. The van der Waals surface area contributed by atoms with E-state index in [0.29, 0.717) is 41.9 Å². The van der Waals surface area contributed by atoms with Gasteiger partial charge in [0.25, 0.3) is 17.4 Å². The van der Waals surface area contributed by atoms with Gasteiger partial charge >= 0.3 is 5.97 Å². The van der Waals surface area contributed by atoms with E-state index in [1.54, 1.807) is 58.8 Å². The fourth-order valence-corrected chi connectivity index (χ4v) is 9.60. The summed E-state index contributed by atoms with van der Waals surface area (Å²) in [6.07, 6.45) is 5.92. The molecule has 2 atom stereocenters. The summed E-state index contributed by atoms with van der Waals surface area (Å²) < 4.78 is 14.2. The highest BCUT2D eigenvalue weighted by molar-refractivity contribution is 6.13. The molecule has 0 bridgehead atoms. The Morgan fingerprint density at radius 2 is 1.55 bits per heavy atom. The Morgan fingerprint density at radius 3 is 2.34 bits per heavy atom. The van der Waals surface area contributed by atoms with Gasteiger partial charge in [0.1, 0.15) is 25.1 Å². The summed E-state index contributed by atoms with van der Waals surface area (Å²) in [5, 5.41) is 35.5. The summed E-state index contributed by atoms with van der Waals surface area (Å²) in [5.74, 6) is -4.48. The smallest absolute Gasteiger partial charge is 0.343 e. The number of nitrogens with zero attached hydrogens (tertiary/aromatic N) is 6. The van der Waals surface area contributed by atoms with Crippen LogP contribution in [0.5, 0.6) is 0 Å². The molecule has 3 aliphatic heterocycles. The molecule has 3 aliphatic rings. The average molecular weight is 1050 g/mol. The van der Waals surface area contributed by atoms with Crippen LogP contribution in [0.2, 0.25) is 0 Å². The van der Waals surface area contributed by atoms with Crippen LogP contribution in [-0.2, 0) is 86.2 Å². The molecule has 0 fully saturated rings. The number of rotatable bonds is 23. The van der Waals surface area contributed by atoms with Crippen molar-refractivity contribution in [2.45, 2.75) is 83.4 Å². The number of fused-ring (bicyclic) bond motifs is 7. The number of aromatic nitrogens is 5. The SMILES string of the molecule is CC[C@@]1(O)C(=O)OCc2c1cc1n(c2=O)Cc2c-1nc1ccc3ccccc3c1c2Cn1cc(COCNC(=O)CNC(=O)[C@H](Cc2ccccc2)NC(=O)CNC(=O)CNC(=O)CCCCCN2C(=O)C=CC2=O)nn1. The first-order valence-electron chi connectivity index (χ1n) is 25.1. The number of ether oxygens (including phenoxy) is 2. The van der Waals surface area contributed by atoms with Gasteiger partial charge < -0.3 is 45.7 Å². The van der Waals surface area contributed by atoms with Gasteiger partial charge in [-0.15, -0.1) is 5.10 Å². The van der Waals surface area contributed by atoms with E-state index in [0.717, 1.165) is 37.7 Å². The van der Waals surface area contributed by atoms with E-state index in [1.807, 2.05) is 36.4 Å². The number of carbonyl (C=O) groups is 8. The minimum atomic E-state index is -1.98. The molecule has 0 radical (unpaired) electrons. The number of amides is 7. The second-order valence-corrected chi connectivity index (χ2v) is 18.8. The summed E-state index contributed by atoms with van der Waals surface area (Å²) in [4.78, 5) is 120. The summed E-state index contributed by atoms with van der Waals surface area (Å²) in [6.45, 7) is 0.439. The van der Waals surface area contributed by atoms with Crippen LogP contribution >= 0.6 is 0 Å². The maximum absolute atomic E-state index is 14.0. The molecule has 6 aromatic rings. The number of carbonyl (C=O) groups excluding carboxylic acids is 8. The van der Waals surface area contributed by atoms with Gasteiger partial charge in [0.05, 0.1) is 68.0 Å². The monoisotopic (exact) mass is 1050 g/mol. The molecular weight excluding hydrogens is 995 g/mol. The topological polar surface area (TPSA) is 304 Å². The number of aliphatic hydroxyl groups is 1. The number of esters is 1. The van der Waals surface area contributed by atoms with Crippen LogP contribution in [0.3, 0.4) is 0 Å². The largest absolute Gasteiger partial charge is 0.458 e. The van der Waals surface area contributed by atoms with E-state index in [4.69, 9.17) is 14.5 Å². The van der Waals surface area contributed by atoms with Crippen LogP contribution in [0, 0.1) is 0 Å². The zero-order chi connectivity index (χ0) is 54.2. The zero-order valence-electron chi connectivity index (χ0n) is 42.0. The van der Waals surface area contributed by atoms with Crippen molar-refractivity contribution in [3.05, 3.63) is 135 Å². The standard InChI is InChI=1S/C54H55N11O12/c1-2-54(75)39-22-42-50-37(28-65(42)52(73)38(39)30-77-53(54)74)36(49-35-14-9-8-13-33(35)16-17-40(49)60-50)27-63-26-34(61-62-63)29-76-31-58-45(68)24-57-51(72)41(21-32-11-5-3-6-12-32)59-46(69)25-56-44(67)23-55-43(66)15-7-4-10-20-64-47(70)18-19-48(64)71/h3,5-6,8-9,11-14,16-19,22,26,41,75H,2,4,7,10,15,20-21,23-25,27-31H2,1H3,(H,55,66)(H,56,67)(H,57,72)(H,58,68)(H,59,69)/t41-,54-/m0/s1. The number of benzene rings is 3. The summed E-state index contributed by atoms with van der Waals surface area (Å²) in [5.41, 5.74) is 2.55. The minimum Gasteiger partial charge on any atom is -0.458 e. The molecular formula is C54H55N11O12. The van der Waals surface area contributed by atoms with Crippen molar-refractivity contribution in [3.63, 3.8) is 0 Å². The van der Waals surface area contributed by atoms with Gasteiger partial charge in [-0.05, 0) is 53.3 Å². The lowest BCUT2D eigenvalue weighted by atomic mass is 9.86. The molecule has 0 saturated carbocycles. The van der Waals surface area contributed by atoms with Crippen molar-refractivity contribution in [2.24, 2.45) is 0 Å². The van der Waals surface area contributed by atoms with Crippen LogP contribution in [0.15, 0.2) is 95.9 Å². The first-order valence-corrected chi connectivity index (χ1v) is 25.1. The molecule has 0 spiro atoms. The zero-order valence-corrected chi connectivity index (χ0v) is 42.0. The minimum absolute atomic E-state index is 0.0131. The molecule has 6 N–H and O–H groups in total. The maximum atomic E-state index is 14.0. The third-order valence-electron chi connectivity index (χ3n) is 13.7. The predicted octanol–water partition coefficient (Wildman–Crippen LogP) is 1.02. The predicted molar refractivity (Wildman–Crippen MR) is 274 cm³/mol. The van der Waals surface area contributed by atoms with Crippen molar-refractivity contribution >= 4 is 69.0 Å². The number of cyclic esters (lactones) is 1. The Hall–Kier alpha value is -8.96. The van der Waals surface area contributed by atoms with Gasteiger partial charge in [-0.25, -0.2) is 14.5 Å². The number of imide groups is 1. The van der Waals surface area contributed by atoms with Crippen LogP contribution < -0.4 is 32.1 Å². The Labute approximate surface area is 439 Å². The van der Waals surface area contributed by atoms with Crippen LogP contribution in [-0.4, -0.2) is 121 Å². The summed E-state index contributed by atoms with van der Waals surface area (Å²) >= 11 is 0. The molecule has 23 nitrogen and oxygen atoms in total. The summed E-state index contributed by atoms with van der Waals surface area (Å²) in [7, 11) is 0. The third kappa shape index (κ3) is 11.8. The van der Waals surface area contributed by atoms with E-state index in [2.05, 4.69) is 36.9 Å². The van der Waals surface area contributed by atoms with E-state index < -0.39 is 54.3 Å². The van der Waals surface area contributed by atoms with E-state index in [-0.39, 0.29) is 99.8 Å². The fraction of sp³-hybridized carbons (Fsp3) is 0.333. The van der Waals surface area contributed by atoms with Gasteiger partial charge in [0, 0.05) is 48.1 Å². The first kappa shape index (κ1) is 52.9. The highest BCUT2D eigenvalue weighted by atomic mass is 16.6. The second-order valence-electron chi connectivity index (χ2n) is 18.8. The number of nitrogens with one attached hydrogen (secondary N) is 5. The van der Waals surface area contributed by atoms with Gasteiger partial charge in [-0.2, -0.15) is 0 Å².